The van der Waals surface area contributed by atoms with Crippen LogP contribution in [-0.2, 0) is 4.79 Å². The Morgan fingerprint density at radius 1 is 1.24 bits per heavy atom. The second kappa shape index (κ2) is 3.61. The van der Waals surface area contributed by atoms with Crippen molar-refractivity contribution in [2.45, 2.75) is 6.92 Å². The lowest BCUT2D eigenvalue weighted by Crippen LogP contribution is -2.41. The van der Waals surface area contributed by atoms with Crippen LogP contribution in [0.4, 0.5) is 18.6 Å². The molecular weight excluding hydrogens is 234 g/mol. The molecule has 0 unspecified atom stereocenters. The molecule has 0 bridgehead atoms. The highest BCUT2D eigenvalue weighted by molar-refractivity contribution is 6.62. The minimum absolute atomic E-state index is 0.0461. The summed E-state index contributed by atoms with van der Waals surface area (Å²) in [6.07, 6.45) is -1.37. The molecule has 0 saturated carbocycles. The number of fused-ring (bicyclic) bond motifs is 1. The fraction of sp³-hybridized carbons (Fsp3) is 0.200. The lowest BCUT2D eigenvalue weighted by atomic mass is 9.91. The van der Waals surface area contributed by atoms with E-state index in [0.717, 1.165) is 5.56 Å². The zero-order valence-corrected chi connectivity index (χ0v) is 8.91. The van der Waals surface area contributed by atoms with Crippen LogP contribution in [0.2, 0.25) is 0 Å². The molecule has 0 atom stereocenters. The highest BCUT2D eigenvalue weighted by atomic mass is 19.4. The molecule has 7 heteroatoms. The number of benzene rings is 1. The molecule has 0 N–H and O–H groups in total. The smallest absolute Gasteiger partial charge is 0.448 e. The van der Waals surface area contributed by atoms with Crippen molar-refractivity contribution in [1.82, 2.24) is 0 Å². The van der Waals surface area contributed by atoms with Gasteiger partial charge in [0.15, 0.2) is 0 Å². The third-order valence-corrected chi connectivity index (χ3v) is 2.52. The Bertz CT molecular complexity index is 513. The molecule has 0 aromatic heterocycles. The summed E-state index contributed by atoms with van der Waals surface area (Å²) in [6.45, 7) is -3.45. The van der Waals surface area contributed by atoms with E-state index in [1.54, 1.807) is 13.0 Å². The van der Waals surface area contributed by atoms with Gasteiger partial charge in [-0.3, -0.25) is 9.59 Å². The first kappa shape index (κ1) is 11.7. The third kappa shape index (κ3) is 2.04. The highest BCUT2D eigenvalue weighted by Crippen LogP contribution is 2.31. The van der Waals surface area contributed by atoms with E-state index in [4.69, 9.17) is 0 Å². The average Bonchev–Trinajstić information content (AvgIpc) is 2.42. The molecule has 17 heavy (non-hydrogen) atoms. The number of hydrogen-bond donors (Lipinski definition) is 0. The van der Waals surface area contributed by atoms with E-state index in [0.29, 0.717) is 4.90 Å². The molecule has 3 nitrogen and oxygen atoms in total. The van der Waals surface area contributed by atoms with Crippen molar-refractivity contribution in [1.29, 1.82) is 0 Å². The number of Topliss-reactive ketones (excluding diaryl/α,β-unsaturated/α-hetero) is 1. The topological polar surface area (TPSA) is 37.4 Å². The predicted octanol–water partition coefficient (Wildman–Crippen LogP) is 1.91. The van der Waals surface area contributed by atoms with Gasteiger partial charge in [0, 0.05) is 0 Å². The maximum absolute atomic E-state index is 12.3. The second-order valence-electron chi connectivity index (χ2n) is 3.98. The molecule has 1 aliphatic rings. The Kier molecular flexibility index (Phi) is 2.48. The van der Waals surface area contributed by atoms with E-state index in [9.17, 15) is 22.5 Å². The summed E-state index contributed by atoms with van der Waals surface area (Å²) in [4.78, 5) is 23.4. The van der Waals surface area contributed by atoms with Crippen LogP contribution in [0.5, 0.6) is 0 Å². The van der Waals surface area contributed by atoms with Gasteiger partial charge in [-0.25, -0.2) is 0 Å². The maximum Gasteiger partial charge on any atom is 0.497 e. The fourth-order valence-corrected chi connectivity index (χ4v) is 1.80. The lowest BCUT2D eigenvalue weighted by Gasteiger charge is -2.23. The van der Waals surface area contributed by atoms with Crippen LogP contribution < -0.4 is 4.90 Å². The Morgan fingerprint density at radius 2 is 1.88 bits per heavy atom. The Morgan fingerprint density at radius 3 is 2.47 bits per heavy atom. The minimum atomic E-state index is -5.15. The first-order chi connectivity index (χ1) is 7.79. The molecule has 1 heterocycles. The van der Waals surface area contributed by atoms with E-state index in [1.165, 1.54) is 12.1 Å². The van der Waals surface area contributed by atoms with Gasteiger partial charge in [-0.1, -0.05) is 11.6 Å². The summed E-state index contributed by atoms with van der Waals surface area (Å²) in [6, 6.07) is 4.37. The van der Waals surface area contributed by atoms with Gasteiger partial charge < -0.3 is 17.8 Å². The van der Waals surface area contributed by atoms with E-state index in [2.05, 4.69) is 0 Å². The summed E-state index contributed by atoms with van der Waals surface area (Å²) in [5, 5.41) is 0. The minimum Gasteiger partial charge on any atom is -0.448 e. The number of carbonyl (C=O) groups excluding carboxylic acids is 2. The van der Waals surface area contributed by atoms with E-state index >= 15 is 0 Å². The van der Waals surface area contributed by atoms with Crippen LogP contribution in [0.25, 0.3) is 0 Å². The van der Waals surface area contributed by atoms with Gasteiger partial charge in [0.1, 0.15) is 0 Å². The van der Waals surface area contributed by atoms with Crippen LogP contribution in [-0.4, -0.2) is 25.1 Å². The van der Waals surface area contributed by atoms with Crippen molar-refractivity contribution in [3.05, 3.63) is 29.3 Å². The number of anilines is 1. The van der Waals surface area contributed by atoms with Crippen LogP contribution in [0, 0.1) is 6.92 Å². The SMILES string of the molecule is Cc1ccc2c(c1)C(=O)C(=O)N2C[B-](F)(F)F. The molecule has 1 aromatic carbocycles. The molecule has 1 amide bonds. The van der Waals surface area contributed by atoms with Gasteiger partial charge in [-0.15, -0.1) is 0 Å². The average molecular weight is 242 g/mol. The predicted molar refractivity (Wildman–Crippen MR) is 56.9 cm³/mol. The molecule has 0 aliphatic carbocycles. The molecule has 0 fully saturated rings. The van der Waals surface area contributed by atoms with Gasteiger partial charge in [0.25, 0.3) is 11.7 Å². The van der Waals surface area contributed by atoms with Gasteiger partial charge in [-0.05, 0) is 25.5 Å². The summed E-state index contributed by atoms with van der Waals surface area (Å²) < 4.78 is 37.0. The molecule has 0 radical (unpaired) electrons. The van der Waals surface area contributed by atoms with Crippen molar-refractivity contribution < 1.29 is 22.5 Å². The van der Waals surface area contributed by atoms with Gasteiger partial charge in [0.2, 0.25) is 0 Å². The fourth-order valence-electron chi connectivity index (χ4n) is 1.80. The van der Waals surface area contributed by atoms with Crippen molar-refractivity contribution in [2.75, 3.05) is 11.3 Å². The van der Waals surface area contributed by atoms with Gasteiger partial charge in [-0.2, -0.15) is 0 Å². The van der Waals surface area contributed by atoms with Crippen molar-refractivity contribution in [2.24, 2.45) is 0 Å². The Hall–Kier alpha value is -1.79. The number of halogens is 3. The van der Waals surface area contributed by atoms with Gasteiger partial charge >= 0.3 is 6.98 Å². The molecule has 1 aromatic rings. The van der Waals surface area contributed by atoms with Crippen molar-refractivity contribution in [3.8, 4) is 0 Å². The van der Waals surface area contributed by atoms with Crippen LogP contribution in [0.1, 0.15) is 15.9 Å². The Balaban J connectivity index is 2.45. The quantitative estimate of drug-likeness (QED) is 0.586. The lowest BCUT2D eigenvalue weighted by molar-refractivity contribution is -0.114. The van der Waals surface area contributed by atoms with E-state index in [-0.39, 0.29) is 11.3 Å². The summed E-state index contributed by atoms with van der Waals surface area (Å²) in [7, 11) is 0. The van der Waals surface area contributed by atoms with Crippen molar-refractivity contribution >= 4 is 24.4 Å². The number of ketones is 1. The molecule has 90 valence electrons. The number of rotatable bonds is 2. The molecule has 1 aliphatic heterocycles. The standard InChI is InChI=1S/C10H8BF3NO2/c1-6-2-3-8-7(4-6)9(16)10(17)15(8)5-11(12,13)14/h2-4H,5H2,1H3/q-1. The zero-order valence-electron chi connectivity index (χ0n) is 8.91. The number of nitrogens with zero attached hydrogens (tertiary/aromatic N) is 1. The number of carbonyl (C=O) groups is 2. The normalized spacial score (nSPS) is 15.4. The van der Waals surface area contributed by atoms with E-state index < -0.39 is 25.1 Å². The first-order valence-corrected chi connectivity index (χ1v) is 4.97. The first-order valence-electron chi connectivity index (χ1n) is 4.97. The van der Waals surface area contributed by atoms with Crippen LogP contribution >= 0.6 is 0 Å². The van der Waals surface area contributed by atoms with E-state index in [1.807, 2.05) is 0 Å². The summed E-state index contributed by atoms with van der Waals surface area (Å²) in [5.41, 5.74) is 0.823. The number of hydrogen-bond acceptors (Lipinski definition) is 2. The summed E-state index contributed by atoms with van der Waals surface area (Å²) >= 11 is 0. The number of aryl methyl sites for hydroxylation is 1. The third-order valence-electron chi connectivity index (χ3n) is 2.52. The largest absolute Gasteiger partial charge is 0.497 e. The number of amides is 1. The maximum atomic E-state index is 12.3. The molecule has 0 saturated heterocycles. The second-order valence-corrected chi connectivity index (χ2v) is 3.98. The van der Waals surface area contributed by atoms with Crippen molar-refractivity contribution in [3.63, 3.8) is 0 Å². The molecular formula is C10H8BF3NO2-. The van der Waals surface area contributed by atoms with Gasteiger partial charge in [0.05, 0.1) is 11.3 Å². The van der Waals surface area contributed by atoms with Crippen LogP contribution in [0.3, 0.4) is 0 Å². The molecule has 2 rings (SSSR count). The monoisotopic (exact) mass is 242 g/mol. The van der Waals surface area contributed by atoms with Crippen LogP contribution in [0.15, 0.2) is 18.2 Å². The summed E-state index contributed by atoms with van der Waals surface area (Å²) in [5.74, 6) is -1.98. The molecule has 0 spiro atoms. The highest BCUT2D eigenvalue weighted by Gasteiger charge is 2.39. The Labute approximate surface area is 95.3 Å². The zero-order chi connectivity index (χ0) is 12.8.